The number of nitrogens with two attached hydrogens (primary N) is 2. The zero-order valence-electron chi connectivity index (χ0n) is 22.1. The third-order valence-corrected chi connectivity index (χ3v) is 10.2. The van der Waals surface area contributed by atoms with E-state index in [1.165, 1.54) is 28.1 Å². The number of halogens is 1. The Labute approximate surface area is 260 Å². The van der Waals surface area contributed by atoms with Crippen LogP contribution in [0.4, 0.5) is 16.0 Å². The second kappa shape index (κ2) is 12.2. The minimum absolute atomic E-state index is 0.0679. The molecule has 0 radical (unpaired) electrons. The lowest BCUT2D eigenvalue weighted by Gasteiger charge is -2.24. The van der Waals surface area contributed by atoms with Crippen molar-refractivity contribution in [2.45, 2.75) is 49.8 Å². The van der Waals surface area contributed by atoms with Gasteiger partial charge in [-0.2, -0.15) is 0 Å². The largest absolute Gasteiger partial charge is 0.383 e. The number of thiazole rings is 1. The van der Waals surface area contributed by atoms with Gasteiger partial charge < -0.3 is 39.8 Å². The average molecular weight is 712 g/mol. The monoisotopic (exact) mass is 711 g/mol. The molecule has 0 aliphatic carbocycles. The summed E-state index contributed by atoms with van der Waals surface area (Å²) in [6.07, 6.45) is -3.01. The van der Waals surface area contributed by atoms with Crippen molar-refractivity contribution in [2.75, 3.05) is 24.7 Å². The summed E-state index contributed by atoms with van der Waals surface area (Å²) >= 11 is 9.52. The molecule has 2 aliphatic rings. The van der Waals surface area contributed by atoms with Gasteiger partial charge in [-0.15, -0.1) is 0 Å². The number of thiol groups is 1. The molecule has 0 spiro atoms. The topological polar surface area (TPSA) is 247 Å². The van der Waals surface area contributed by atoms with Crippen LogP contribution in [0.25, 0.3) is 21.5 Å². The smallest absolute Gasteiger partial charge is 0.382 e. The fourth-order valence-corrected chi connectivity index (χ4v) is 7.81. The molecule has 2 fully saturated rings. The van der Waals surface area contributed by atoms with E-state index in [1.807, 2.05) is 0 Å². The molecule has 6 heterocycles. The van der Waals surface area contributed by atoms with Gasteiger partial charge in [0.15, 0.2) is 23.3 Å². The van der Waals surface area contributed by atoms with Gasteiger partial charge in [0, 0.05) is 12.8 Å². The summed E-state index contributed by atoms with van der Waals surface area (Å²) in [5.41, 5.74) is 12.5. The van der Waals surface area contributed by atoms with Crippen LogP contribution in [0.1, 0.15) is 25.3 Å². The highest BCUT2D eigenvalue weighted by molar-refractivity contribution is 8.44. The summed E-state index contributed by atoms with van der Waals surface area (Å²) in [5, 5.41) is 0. The van der Waals surface area contributed by atoms with Crippen molar-refractivity contribution in [2.24, 2.45) is 0 Å². The van der Waals surface area contributed by atoms with E-state index < -0.39 is 61.9 Å². The summed E-state index contributed by atoms with van der Waals surface area (Å²) < 4.78 is 57.5. The summed E-state index contributed by atoms with van der Waals surface area (Å²) in [5.74, 6) is 0.232. The van der Waals surface area contributed by atoms with Crippen LogP contribution in [0.15, 0.2) is 23.8 Å². The second-order valence-corrected chi connectivity index (χ2v) is 16.2. The van der Waals surface area contributed by atoms with Crippen molar-refractivity contribution in [3.05, 3.63) is 28.6 Å². The van der Waals surface area contributed by atoms with Crippen LogP contribution in [-0.4, -0.2) is 81.5 Å². The normalized spacial score (nSPS) is 28.5. The predicted octanol–water partition coefficient (Wildman–Crippen LogP) is 1.44. The van der Waals surface area contributed by atoms with E-state index in [0.29, 0.717) is 10.2 Å². The lowest BCUT2D eigenvalue weighted by Crippen LogP contribution is -2.28. The van der Waals surface area contributed by atoms with E-state index in [0.717, 1.165) is 11.3 Å². The van der Waals surface area contributed by atoms with E-state index in [-0.39, 0.29) is 42.4 Å². The highest BCUT2D eigenvalue weighted by atomic mass is 32.7. The highest BCUT2D eigenvalue weighted by Gasteiger charge is 2.43. The van der Waals surface area contributed by atoms with Gasteiger partial charge in [-0.25, -0.2) is 33.9 Å². The lowest BCUT2D eigenvalue weighted by atomic mass is 10.2. The molecular weight excluding hydrogens is 687 g/mol. The van der Waals surface area contributed by atoms with Gasteiger partial charge in [-0.1, -0.05) is 23.6 Å². The van der Waals surface area contributed by atoms with Crippen molar-refractivity contribution < 1.29 is 41.8 Å². The lowest BCUT2D eigenvalue weighted by molar-refractivity contribution is -0.0441. The molecule has 6 rings (SSSR count). The van der Waals surface area contributed by atoms with Crippen LogP contribution in [0.2, 0.25) is 0 Å². The SMILES string of the molecule is Nc1ncnc2c1ncn2[C@@H]1O[C@H](COP(O)(=S)OC2C[C@H](n3c(=O)sc4c(N)ncnc43)OC2COP(=O)(O)S)C[C@H]1F. The van der Waals surface area contributed by atoms with Gasteiger partial charge in [0.25, 0.3) is 0 Å². The van der Waals surface area contributed by atoms with E-state index in [2.05, 4.69) is 37.2 Å². The Morgan fingerprint density at radius 2 is 1.82 bits per heavy atom. The molecule has 2 aliphatic heterocycles. The number of ether oxygens (including phenoxy) is 2. The maximum Gasteiger partial charge on any atom is 0.383 e. The zero-order chi connectivity index (χ0) is 31.4. The number of fused-ring (bicyclic) bond motifs is 2. The Bertz CT molecular complexity index is 1860. The first-order valence-electron chi connectivity index (χ1n) is 12.6. The van der Waals surface area contributed by atoms with Crippen molar-refractivity contribution >= 4 is 82.1 Å². The van der Waals surface area contributed by atoms with Gasteiger partial charge in [0.1, 0.15) is 47.2 Å². The molecule has 2 saturated heterocycles. The van der Waals surface area contributed by atoms with E-state index in [4.69, 9.17) is 46.3 Å². The molecule has 4 unspecified atom stereocenters. The third-order valence-electron chi connectivity index (χ3n) is 6.79. The minimum atomic E-state index is -4.24. The molecule has 44 heavy (non-hydrogen) atoms. The first-order valence-corrected chi connectivity index (χ1v) is 18.8. The number of hydrogen-bond acceptors (Lipinski definition) is 16. The summed E-state index contributed by atoms with van der Waals surface area (Å²) in [7, 11) is 0. The number of imidazole rings is 1. The van der Waals surface area contributed by atoms with E-state index >= 15 is 4.39 Å². The molecule has 4 aromatic rings. The third kappa shape index (κ3) is 6.53. The van der Waals surface area contributed by atoms with Crippen molar-refractivity contribution in [3.8, 4) is 0 Å². The maximum absolute atomic E-state index is 15.0. The molecule has 24 heteroatoms. The zero-order valence-corrected chi connectivity index (χ0v) is 26.4. The van der Waals surface area contributed by atoms with Crippen molar-refractivity contribution in [1.29, 1.82) is 0 Å². The quantitative estimate of drug-likeness (QED) is 0.115. The number of aromatic nitrogens is 7. The second-order valence-electron chi connectivity index (χ2n) is 9.69. The molecule has 6 N–H and O–H groups in total. The average Bonchev–Trinajstić information content (AvgIpc) is 3.70. The van der Waals surface area contributed by atoms with Crippen LogP contribution in [0.5, 0.6) is 0 Å². The van der Waals surface area contributed by atoms with Gasteiger partial charge in [-0.3, -0.25) is 18.5 Å². The number of rotatable bonds is 10. The Morgan fingerprint density at radius 1 is 1.09 bits per heavy atom. The fourth-order valence-electron chi connectivity index (χ4n) is 4.90. The molecule has 0 amide bonds. The maximum atomic E-state index is 15.0. The Hall–Kier alpha value is -2.20. The Balaban J connectivity index is 1.14. The van der Waals surface area contributed by atoms with Crippen LogP contribution in [-0.2, 0) is 39.4 Å². The van der Waals surface area contributed by atoms with Gasteiger partial charge in [-0.05, 0) is 11.8 Å². The summed E-state index contributed by atoms with van der Waals surface area (Å²) in [4.78, 5) is 52.9. The fraction of sp³-hybridized carbons (Fsp3) is 0.500. The number of alkyl halides is 1. The number of hydrogen-bond donors (Lipinski definition) is 5. The molecule has 0 saturated carbocycles. The van der Waals surface area contributed by atoms with Crippen LogP contribution in [0.3, 0.4) is 0 Å². The van der Waals surface area contributed by atoms with Crippen LogP contribution >= 0.6 is 37.1 Å². The van der Waals surface area contributed by atoms with E-state index in [9.17, 15) is 19.1 Å². The van der Waals surface area contributed by atoms with Crippen LogP contribution < -0.4 is 16.3 Å². The Kier molecular flexibility index (Phi) is 8.80. The Morgan fingerprint density at radius 3 is 2.57 bits per heavy atom. The minimum Gasteiger partial charge on any atom is -0.382 e. The van der Waals surface area contributed by atoms with Crippen molar-refractivity contribution in [3.63, 3.8) is 0 Å². The number of nitrogen functional groups attached to an aromatic ring is 2. The first kappa shape index (κ1) is 31.8. The molecular formula is C20H24FN9O9P2S3. The molecule has 0 bridgehead atoms. The molecule has 8 atom stereocenters. The number of nitrogens with zero attached hydrogens (tertiary/aromatic N) is 7. The van der Waals surface area contributed by atoms with Gasteiger partial charge in [0.05, 0.1) is 31.7 Å². The molecule has 18 nitrogen and oxygen atoms in total. The molecule has 0 aromatic carbocycles. The molecule has 238 valence electrons. The van der Waals surface area contributed by atoms with Gasteiger partial charge in [0.2, 0.25) is 0 Å². The van der Waals surface area contributed by atoms with Crippen LogP contribution in [0, 0.1) is 0 Å². The van der Waals surface area contributed by atoms with Crippen molar-refractivity contribution in [1.82, 2.24) is 34.1 Å². The summed E-state index contributed by atoms with van der Waals surface area (Å²) in [6.45, 7) is -9.13. The predicted molar refractivity (Wildman–Crippen MR) is 160 cm³/mol. The van der Waals surface area contributed by atoms with E-state index in [1.54, 1.807) is 0 Å². The first-order chi connectivity index (χ1) is 20.8. The standard InChI is InChI=1S/C20H24FN9O9P2S3/c21-9-1-8(37-19(9)29-7-28-13-15(22)24-5-26-17(13)29)3-36-41(34,43)39-10-2-12(38-11(10)4-35-40(32,33)42)30-18-14(44-20(30)31)16(23)25-6-27-18/h5-12,19H,1-4H2,(H,34,43)(H2,22,24,26)(H2,23,25,27)(H2,32,33,42)/t8-,9+,10?,11?,12+,19+,41?/m0/s1. The summed E-state index contributed by atoms with van der Waals surface area (Å²) in [6, 6.07) is 0. The number of anilines is 2. The van der Waals surface area contributed by atoms with Gasteiger partial charge >= 0.3 is 18.4 Å². The molecule has 4 aromatic heterocycles. The highest BCUT2D eigenvalue weighted by Crippen LogP contribution is 2.51.